The minimum atomic E-state index is 0.544. The van der Waals surface area contributed by atoms with Crippen LogP contribution in [0.3, 0.4) is 0 Å². The van der Waals surface area contributed by atoms with Crippen LogP contribution in [0.1, 0.15) is 63.6 Å². The van der Waals surface area contributed by atoms with E-state index in [0.717, 1.165) is 19.5 Å². The largest absolute Gasteiger partial charge is 0.367 e. The zero-order valence-corrected chi connectivity index (χ0v) is 14.0. The van der Waals surface area contributed by atoms with Crippen molar-refractivity contribution in [2.45, 2.75) is 64.0 Å². The van der Waals surface area contributed by atoms with Gasteiger partial charge in [-0.05, 0) is 61.1 Å². The fourth-order valence-corrected chi connectivity index (χ4v) is 4.17. The summed E-state index contributed by atoms with van der Waals surface area (Å²) >= 11 is 3.82. The molecule has 1 saturated heterocycles. The Labute approximate surface area is 129 Å². The van der Waals surface area contributed by atoms with Crippen LogP contribution in [0, 0.1) is 0 Å². The van der Waals surface area contributed by atoms with Crippen molar-refractivity contribution in [1.29, 1.82) is 0 Å². The van der Waals surface area contributed by atoms with Gasteiger partial charge >= 0.3 is 0 Å². The third-order valence-corrected chi connectivity index (χ3v) is 5.59. The number of fused-ring (bicyclic) bond motifs is 1. The molecule has 112 valence electrons. The Balaban J connectivity index is 1.93. The van der Waals surface area contributed by atoms with Gasteiger partial charge in [-0.3, -0.25) is 0 Å². The SMILES string of the molecule is CCC1CC(CC)n2nc(C3CCNCC3)c(Br)c2N1. The van der Waals surface area contributed by atoms with Gasteiger partial charge in [0.2, 0.25) is 0 Å². The van der Waals surface area contributed by atoms with Crippen molar-refractivity contribution in [2.75, 3.05) is 18.4 Å². The summed E-state index contributed by atoms with van der Waals surface area (Å²) in [4.78, 5) is 0. The fourth-order valence-electron chi connectivity index (χ4n) is 3.47. The van der Waals surface area contributed by atoms with E-state index in [0.29, 0.717) is 18.0 Å². The third kappa shape index (κ3) is 2.50. The van der Waals surface area contributed by atoms with Gasteiger partial charge in [0.05, 0.1) is 16.2 Å². The lowest BCUT2D eigenvalue weighted by Crippen LogP contribution is -2.31. The van der Waals surface area contributed by atoms with Crippen molar-refractivity contribution in [3.63, 3.8) is 0 Å². The van der Waals surface area contributed by atoms with Crippen LogP contribution >= 0.6 is 15.9 Å². The number of hydrogen-bond acceptors (Lipinski definition) is 3. The molecular formula is C15H25BrN4. The van der Waals surface area contributed by atoms with E-state index < -0.39 is 0 Å². The van der Waals surface area contributed by atoms with Gasteiger partial charge in [-0.15, -0.1) is 0 Å². The zero-order valence-electron chi connectivity index (χ0n) is 12.5. The lowest BCUT2D eigenvalue weighted by atomic mass is 9.95. The van der Waals surface area contributed by atoms with Crippen molar-refractivity contribution in [3.05, 3.63) is 10.2 Å². The first-order valence-electron chi connectivity index (χ1n) is 7.99. The number of rotatable bonds is 3. The zero-order chi connectivity index (χ0) is 14.1. The molecule has 5 heteroatoms. The Morgan fingerprint density at radius 1 is 1.25 bits per heavy atom. The molecule has 0 spiro atoms. The van der Waals surface area contributed by atoms with E-state index in [1.54, 1.807) is 0 Å². The molecule has 2 unspecified atom stereocenters. The standard InChI is InChI=1S/C15H25BrN4/c1-3-11-9-12(4-2)20-15(18-11)13(16)14(19-20)10-5-7-17-8-6-10/h10-12,17-18H,3-9H2,1-2H3. The molecule has 0 saturated carbocycles. The molecule has 0 radical (unpaired) electrons. The van der Waals surface area contributed by atoms with Crippen molar-refractivity contribution in [2.24, 2.45) is 0 Å². The second-order valence-corrected chi connectivity index (χ2v) is 6.86. The fraction of sp³-hybridized carbons (Fsp3) is 0.800. The van der Waals surface area contributed by atoms with Crippen molar-refractivity contribution in [3.8, 4) is 0 Å². The van der Waals surface area contributed by atoms with Crippen molar-refractivity contribution < 1.29 is 0 Å². The van der Waals surface area contributed by atoms with Gasteiger partial charge in [0.25, 0.3) is 0 Å². The lowest BCUT2D eigenvalue weighted by molar-refractivity contribution is 0.356. The molecular weight excluding hydrogens is 316 g/mol. The number of nitrogens with one attached hydrogen (secondary N) is 2. The van der Waals surface area contributed by atoms with Gasteiger partial charge in [-0.2, -0.15) is 5.10 Å². The van der Waals surface area contributed by atoms with Gasteiger partial charge in [-0.1, -0.05) is 13.8 Å². The molecule has 0 bridgehead atoms. The van der Waals surface area contributed by atoms with Crippen LogP contribution in [0.4, 0.5) is 5.82 Å². The van der Waals surface area contributed by atoms with E-state index in [1.807, 2.05) is 0 Å². The summed E-state index contributed by atoms with van der Waals surface area (Å²) in [6, 6.07) is 1.13. The first-order chi connectivity index (χ1) is 9.74. The van der Waals surface area contributed by atoms with Crippen molar-refractivity contribution >= 4 is 21.7 Å². The van der Waals surface area contributed by atoms with Crippen LogP contribution in [-0.2, 0) is 0 Å². The highest BCUT2D eigenvalue weighted by molar-refractivity contribution is 9.10. The normalized spacial score (nSPS) is 27.1. The summed E-state index contributed by atoms with van der Waals surface area (Å²) in [7, 11) is 0. The predicted octanol–water partition coefficient (Wildman–Crippen LogP) is 3.66. The molecule has 1 aromatic rings. The maximum absolute atomic E-state index is 4.97. The topological polar surface area (TPSA) is 41.9 Å². The molecule has 3 rings (SSSR count). The van der Waals surface area contributed by atoms with Gasteiger partial charge < -0.3 is 10.6 Å². The van der Waals surface area contributed by atoms with Crippen LogP contribution < -0.4 is 10.6 Å². The average Bonchev–Trinajstić information content (AvgIpc) is 2.84. The van der Waals surface area contributed by atoms with E-state index in [-0.39, 0.29) is 0 Å². The Bertz CT molecular complexity index is 465. The highest BCUT2D eigenvalue weighted by Gasteiger charge is 2.31. The number of hydrogen-bond donors (Lipinski definition) is 2. The average molecular weight is 341 g/mol. The van der Waals surface area contributed by atoms with Crippen molar-refractivity contribution in [1.82, 2.24) is 15.1 Å². The summed E-state index contributed by atoms with van der Waals surface area (Å²) in [5.74, 6) is 1.81. The van der Waals surface area contributed by atoms with Gasteiger partial charge in [0.1, 0.15) is 5.82 Å². The number of aromatic nitrogens is 2. The Morgan fingerprint density at radius 2 is 2.00 bits per heavy atom. The highest BCUT2D eigenvalue weighted by Crippen LogP contribution is 2.41. The van der Waals surface area contributed by atoms with E-state index in [2.05, 4.69) is 45.1 Å². The number of piperidine rings is 1. The van der Waals surface area contributed by atoms with Gasteiger partial charge in [0.15, 0.2) is 0 Å². The predicted molar refractivity (Wildman–Crippen MR) is 86.4 cm³/mol. The van der Waals surface area contributed by atoms with Crippen LogP contribution in [0.5, 0.6) is 0 Å². The van der Waals surface area contributed by atoms with E-state index in [1.165, 1.54) is 41.7 Å². The number of halogens is 1. The Hall–Kier alpha value is -0.550. The van der Waals surface area contributed by atoms with Crippen LogP contribution in [0.25, 0.3) is 0 Å². The molecule has 20 heavy (non-hydrogen) atoms. The molecule has 0 aliphatic carbocycles. The molecule has 2 atom stereocenters. The molecule has 1 aromatic heterocycles. The Morgan fingerprint density at radius 3 is 2.65 bits per heavy atom. The monoisotopic (exact) mass is 340 g/mol. The molecule has 4 nitrogen and oxygen atoms in total. The smallest absolute Gasteiger partial charge is 0.139 e. The summed E-state index contributed by atoms with van der Waals surface area (Å²) in [6.07, 6.45) is 5.92. The van der Waals surface area contributed by atoms with E-state index in [9.17, 15) is 0 Å². The van der Waals surface area contributed by atoms with Crippen LogP contribution in [0.2, 0.25) is 0 Å². The first kappa shape index (κ1) is 14.4. The minimum absolute atomic E-state index is 0.544. The molecule has 2 aliphatic rings. The Kier molecular flexibility index (Phi) is 4.36. The number of anilines is 1. The molecule has 0 amide bonds. The molecule has 2 N–H and O–H groups in total. The molecule has 3 heterocycles. The number of nitrogens with zero attached hydrogens (tertiary/aromatic N) is 2. The summed E-state index contributed by atoms with van der Waals surface area (Å²) < 4.78 is 3.45. The highest BCUT2D eigenvalue weighted by atomic mass is 79.9. The second-order valence-electron chi connectivity index (χ2n) is 6.06. The van der Waals surface area contributed by atoms with Gasteiger partial charge in [-0.25, -0.2) is 4.68 Å². The molecule has 1 fully saturated rings. The molecule has 2 aliphatic heterocycles. The van der Waals surface area contributed by atoms with E-state index in [4.69, 9.17) is 5.10 Å². The quantitative estimate of drug-likeness (QED) is 0.882. The van der Waals surface area contributed by atoms with E-state index >= 15 is 0 Å². The maximum atomic E-state index is 4.97. The molecule has 0 aromatic carbocycles. The summed E-state index contributed by atoms with van der Waals surface area (Å²) in [5.41, 5.74) is 1.27. The summed E-state index contributed by atoms with van der Waals surface area (Å²) in [5, 5.41) is 12.1. The lowest BCUT2D eigenvalue weighted by Gasteiger charge is -2.31. The third-order valence-electron chi connectivity index (χ3n) is 4.81. The maximum Gasteiger partial charge on any atom is 0.139 e. The van der Waals surface area contributed by atoms with Crippen LogP contribution in [-0.4, -0.2) is 28.9 Å². The summed E-state index contributed by atoms with van der Waals surface area (Å²) in [6.45, 7) is 6.76. The first-order valence-corrected chi connectivity index (χ1v) is 8.79. The second kappa shape index (κ2) is 6.06. The van der Waals surface area contributed by atoms with Gasteiger partial charge in [0, 0.05) is 12.0 Å². The van der Waals surface area contributed by atoms with Crippen LogP contribution in [0.15, 0.2) is 4.47 Å². The minimum Gasteiger partial charge on any atom is -0.367 e.